The zero-order valence-corrected chi connectivity index (χ0v) is 12.4. The van der Waals surface area contributed by atoms with E-state index in [2.05, 4.69) is 5.32 Å². The van der Waals surface area contributed by atoms with Crippen molar-refractivity contribution in [2.24, 2.45) is 5.73 Å². The summed E-state index contributed by atoms with van der Waals surface area (Å²) in [5, 5.41) is 2.93. The van der Waals surface area contributed by atoms with Crippen molar-refractivity contribution in [3.05, 3.63) is 24.3 Å². The van der Waals surface area contributed by atoms with Crippen molar-refractivity contribution >= 4 is 11.6 Å². The molecular weight excluding hydrogens is 264 g/mol. The predicted molar refractivity (Wildman–Crippen MR) is 83.3 cm³/mol. The summed E-state index contributed by atoms with van der Waals surface area (Å²) in [6, 6.07) is 7.62. The highest BCUT2D eigenvalue weighted by Crippen LogP contribution is 2.29. The Morgan fingerprint density at radius 3 is 2.33 bits per heavy atom. The van der Waals surface area contributed by atoms with Crippen molar-refractivity contribution in [2.75, 3.05) is 5.32 Å². The van der Waals surface area contributed by atoms with Gasteiger partial charge >= 0.3 is 0 Å². The molecule has 3 N–H and O–H groups in total. The van der Waals surface area contributed by atoms with Crippen LogP contribution in [0.4, 0.5) is 5.69 Å². The van der Waals surface area contributed by atoms with Gasteiger partial charge in [-0.05, 0) is 62.8 Å². The second-order valence-corrected chi connectivity index (χ2v) is 6.37. The first-order chi connectivity index (χ1) is 10.2. The molecule has 4 nitrogen and oxygen atoms in total. The molecule has 0 heterocycles. The van der Waals surface area contributed by atoms with E-state index in [1.54, 1.807) is 0 Å². The topological polar surface area (TPSA) is 64.4 Å². The molecule has 0 atom stereocenters. The molecule has 4 heteroatoms. The standard InChI is InChI=1S/C17H24N2O2/c18-17(11-3-4-12-17)16(20)19-13-7-9-15(10-8-13)21-14-5-1-2-6-14/h7-10,14H,1-6,11-12,18H2,(H,19,20). The summed E-state index contributed by atoms with van der Waals surface area (Å²) in [6.45, 7) is 0. The van der Waals surface area contributed by atoms with E-state index in [1.165, 1.54) is 12.8 Å². The Morgan fingerprint density at radius 1 is 1.10 bits per heavy atom. The van der Waals surface area contributed by atoms with Gasteiger partial charge in [-0.1, -0.05) is 12.8 Å². The maximum Gasteiger partial charge on any atom is 0.244 e. The van der Waals surface area contributed by atoms with Crippen molar-refractivity contribution in [1.82, 2.24) is 0 Å². The summed E-state index contributed by atoms with van der Waals surface area (Å²) < 4.78 is 5.92. The first kappa shape index (κ1) is 14.4. The molecule has 0 radical (unpaired) electrons. The van der Waals surface area contributed by atoms with Gasteiger partial charge in [-0.25, -0.2) is 0 Å². The van der Waals surface area contributed by atoms with E-state index in [-0.39, 0.29) is 5.91 Å². The number of nitrogens with one attached hydrogen (secondary N) is 1. The number of carbonyl (C=O) groups excluding carboxylic acids is 1. The molecule has 0 spiro atoms. The van der Waals surface area contributed by atoms with Gasteiger partial charge in [-0.2, -0.15) is 0 Å². The minimum atomic E-state index is -0.682. The highest BCUT2D eigenvalue weighted by atomic mass is 16.5. The Morgan fingerprint density at radius 2 is 1.71 bits per heavy atom. The van der Waals surface area contributed by atoms with Gasteiger partial charge in [0.25, 0.3) is 0 Å². The van der Waals surface area contributed by atoms with Gasteiger partial charge in [0.05, 0.1) is 11.6 Å². The lowest BCUT2D eigenvalue weighted by molar-refractivity contribution is -0.121. The normalized spacial score (nSPS) is 21.4. The third kappa shape index (κ3) is 3.38. The van der Waals surface area contributed by atoms with E-state index in [9.17, 15) is 4.79 Å². The summed E-state index contributed by atoms with van der Waals surface area (Å²) in [5.74, 6) is 0.813. The molecule has 114 valence electrons. The number of nitrogens with two attached hydrogens (primary N) is 1. The minimum absolute atomic E-state index is 0.0653. The fourth-order valence-corrected chi connectivity index (χ4v) is 3.30. The number of hydrogen-bond acceptors (Lipinski definition) is 3. The number of hydrogen-bond donors (Lipinski definition) is 2. The average Bonchev–Trinajstić information content (AvgIpc) is 3.13. The Bertz CT molecular complexity index is 486. The van der Waals surface area contributed by atoms with Gasteiger partial charge in [0, 0.05) is 5.69 Å². The lowest BCUT2D eigenvalue weighted by Gasteiger charge is -2.22. The molecule has 2 aliphatic carbocycles. The van der Waals surface area contributed by atoms with Crippen LogP contribution in [0.15, 0.2) is 24.3 Å². The molecule has 0 aromatic heterocycles. The van der Waals surface area contributed by atoms with Gasteiger partial charge in [-0.15, -0.1) is 0 Å². The van der Waals surface area contributed by atoms with Gasteiger partial charge in [0.15, 0.2) is 0 Å². The summed E-state index contributed by atoms with van der Waals surface area (Å²) in [4.78, 5) is 12.2. The minimum Gasteiger partial charge on any atom is -0.490 e. The molecule has 0 bridgehead atoms. The molecule has 2 fully saturated rings. The van der Waals surface area contributed by atoms with Crippen molar-refractivity contribution in [2.45, 2.75) is 63.0 Å². The third-order valence-corrected chi connectivity index (χ3v) is 4.67. The number of rotatable bonds is 4. The lowest BCUT2D eigenvalue weighted by atomic mass is 9.98. The number of benzene rings is 1. The quantitative estimate of drug-likeness (QED) is 0.894. The van der Waals surface area contributed by atoms with Crippen LogP contribution in [0, 0.1) is 0 Å². The molecule has 1 aromatic carbocycles. The van der Waals surface area contributed by atoms with E-state index in [0.717, 1.165) is 50.0 Å². The molecule has 0 saturated heterocycles. The van der Waals surface area contributed by atoms with Crippen LogP contribution in [0.1, 0.15) is 51.4 Å². The highest BCUT2D eigenvalue weighted by Gasteiger charge is 2.36. The summed E-state index contributed by atoms with van der Waals surface area (Å²) in [5.41, 5.74) is 6.26. The molecule has 1 aromatic rings. The van der Waals surface area contributed by atoms with Crippen LogP contribution < -0.4 is 15.8 Å². The maximum atomic E-state index is 12.2. The van der Waals surface area contributed by atoms with Crippen LogP contribution in [0.5, 0.6) is 5.75 Å². The largest absolute Gasteiger partial charge is 0.490 e. The third-order valence-electron chi connectivity index (χ3n) is 4.67. The van der Waals surface area contributed by atoms with Crippen molar-refractivity contribution < 1.29 is 9.53 Å². The van der Waals surface area contributed by atoms with E-state index in [4.69, 9.17) is 10.5 Å². The smallest absolute Gasteiger partial charge is 0.244 e. The second kappa shape index (κ2) is 6.06. The molecule has 21 heavy (non-hydrogen) atoms. The van der Waals surface area contributed by atoms with Crippen LogP contribution in [0.3, 0.4) is 0 Å². The summed E-state index contributed by atoms with van der Waals surface area (Å²) in [7, 11) is 0. The predicted octanol–water partition coefficient (Wildman–Crippen LogP) is 3.22. The number of carbonyl (C=O) groups is 1. The molecule has 3 rings (SSSR count). The van der Waals surface area contributed by atoms with Gasteiger partial charge in [0.2, 0.25) is 5.91 Å². The van der Waals surface area contributed by atoms with E-state index in [1.807, 2.05) is 24.3 Å². The molecule has 1 amide bonds. The molecule has 0 aliphatic heterocycles. The van der Waals surface area contributed by atoms with Crippen molar-refractivity contribution in [1.29, 1.82) is 0 Å². The molecule has 2 saturated carbocycles. The van der Waals surface area contributed by atoms with E-state index >= 15 is 0 Å². The van der Waals surface area contributed by atoms with Crippen LogP contribution in [0.2, 0.25) is 0 Å². The first-order valence-corrected chi connectivity index (χ1v) is 8.03. The van der Waals surface area contributed by atoms with E-state index in [0.29, 0.717) is 6.10 Å². The number of amides is 1. The van der Waals surface area contributed by atoms with Gasteiger partial charge in [-0.3, -0.25) is 4.79 Å². The average molecular weight is 288 g/mol. The SMILES string of the molecule is NC1(C(=O)Nc2ccc(OC3CCCC3)cc2)CCCC1. The Labute approximate surface area is 126 Å². The molecule has 0 unspecified atom stereocenters. The van der Waals surface area contributed by atoms with Crippen LogP contribution >= 0.6 is 0 Å². The Balaban J connectivity index is 1.57. The number of ether oxygens (including phenoxy) is 1. The van der Waals surface area contributed by atoms with Gasteiger partial charge in [0.1, 0.15) is 5.75 Å². The van der Waals surface area contributed by atoms with Crippen molar-refractivity contribution in [3.8, 4) is 5.75 Å². The van der Waals surface area contributed by atoms with E-state index < -0.39 is 5.54 Å². The van der Waals surface area contributed by atoms with Crippen LogP contribution in [-0.4, -0.2) is 17.6 Å². The maximum absolute atomic E-state index is 12.2. The second-order valence-electron chi connectivity index (χ2n) is 6.37. The highest BCUT2D eigenvalue weighted by molar-refractivity contribution is 5.98. The first-order valence-electron chi connectivity index (χ1n) is 8.03. The zero-order chi connectivity index (χ0) is 14.7. The molecular formula is C17H24N2O2. The Hall–Kier alpha value is -1.55. The van der Waals surface area contributed by atoms with Crippen molar-refractivity contribution in [3.63, 3.8) is 0 Å². The monoisotopic (exact) mass is 288 g/mol. The summed E-state index contributed by atoms with van der Waals surface area (Å²) >= 11 is 0. The van der Waals surface area contributed by atoms with Crippen LogP contribution in [0.25, 0.3) is 0 Å². The fraction of sp³-hybridized carbons (Fsp3) is 0.588. The summed E-state index contributed by atoms with van der Waals surface area (Å²) in [6.07, 6.45) is 8.81. The zero-order valence-electron chi connectivity index (χ0n) is 12.4. The Kier molecular flexibility index (Phi) is 4.15. The van der Waals surface area contributed by atoms with Crippen LogP contribution in [-0.2, 0) is 4.79 Å². The van der Waals surface area contributed by atoms with Gasteiger partial charge < -0.3 is 15.8 Å². The fourth-order valence-electron chi connectivity index (χ4n) is 3.30. The number of anilines is 1. The lowest BCUT2D eigenvalue weighted by Crippen LogP contribution is -2.48. The molecule has 2 aliphatic rings.